The maximum absolute atomic E-state index is 11.5. The Morgan fingerprint density at radius 2 is 2.16 bits per heavy atom. The number of nitro groups is 1. The van der Waals surface area contributed by atoms with Gasteiger partial charge in [-0.15, -0.1) is 0 Å². The summed E-state index contributed by atoms with van der Waals surface area (Å²) in [5, 5.41) is 10.7. The highest BCUT2D eigenvalue weighted by atomic mass is 16.6. The highest BCUT2D eigenvalue weighted by Gasteiger charge is 2.09. The zero-order valence-electron chi connectivity index (χ0n) is 10.4. The molecule has 1 N–H and O–H groups in total. The third kappa shape index (κ3) is 3.04. The van der Waals surface area contributed by atoms with E-state index >= 15 is 0 Å². The first-order valence-corrected chi connectivity index (χ1v) is 5.95. The fourth-order valence-corrected chi connectivity index (χ4v) is 1.79. The first-order chi connectivity index (χ1) is 9.10. The van der Waals surface area contributed by atoms with Gasteiger partial charge in [0.2, 0.25) is 0 Å². The minimum atomic E-state index is -0.469. The molecular weight excluding hydrogens is 246 g/mol. The van der Waals surface area contributed by atoms with Gasteiger partial charge in [0.1, 0.15) is 5.82 Å². The molecule has 1 aromatic carbocycles. The highest BCUT2D eigenvalue weighted by molar-refractivity contribution is 5.62. The Balaban J connectivity index is 2.49. The number of nitro benzene ring substituents is 1. The van der Waals surface area contributed by atoms with Crippen LogP contribution in [0.15, 0.2) is 35.1 Å². The smallest absolute Gasteiger partial charge is 0.270 e. The number of H-pyrrole nitrogens is 1. The monoisotopic (exact) mass is 259 g/mol. The Bertz CT molecular complexity index is 664. The maximum Gasteiger partial charge on any atom is 0.270 e. The summed E-state index contributed by atoms with van der Waals surface area (Å²) in [6, 6.07) is 7.44. The van der Waals surface area contributed by atoms with Gasteiger partial charge in [0.15, 0.2) is 0 Å². The van der Waals surface area contributed by atoms with Crippen LogP contribution >= 0.6 is 0 Å². The molecular formula is C13H13N3O3. The summed E-state index contributed by atoms with van der Waals surface area (Å²) in [4.78, 5) is 28.8. The molecule has 0 aliphatic rings. The number of rotatable bonds is 4. The number of aromatic nitrogens is 2. The van der Waals surface area contributed by atoms with E-state index in [-0.39, 0.29) is 11.2 Å². The van der Waals surface area contributed by atoms with Crippen LogP contribution in [0, 0.1) is 10.1 Å². The van der Waals surface area contributed by atoms with E-state index in [1.807, 2.05) is 6.92 Å². The molecule has 6 heteroatoms. The minimum absolute atomic E-state index is 0.0170. The molecule has 0 unspecified atom stereocenters. The van der Waals surface area contributed by atoms with E-state index in [1.165, 1.54) is 18.2 Å². The predicted octanol–water partition coefficient (Wildman–Crippen LogP) is 2.30. The number of nitrogens with zero attached hydrogens (tertiary/aromatic N) is 2. The number of benzene rings is 1. The number of hydrogen-bond donors (Lipinski definition) is 1. The van der Waals surface area contributed by atoms with Crippen molar-refractivity contribution in [3.05, 3.63) is 56.6 Å². The van der Waals surface area contributed by atoms with Crippen molar-refractivity contribution in [2.75, 3.05) is 0 Å². The lowest BCUT2D eigenvalue weighted by molar-refractivity contribution is -0.384. The molecule has 0 spiro atoms. The molecule has 0 atom stereocenters. The fraction of sp³-hybridized carbons (Fsp3) is 0.231. The van der Waals surface area contributed by atoms with Crippen molar-refractivity contribution < 1.29 is 4.92 Å². The number of nitrogens with one attached hydrogen (secondary N) is 1. The second kappa shape index (κ2) is 5.43. The normalized spacial score (nSPS) is 10.4. The van der Waals surface area contributed by atoms with Gasteiger partial charge in [-0.25, -0.2) is 4.98 Å². The van der Waals surface area contributed by atoms with Crippen LogP contribution in [0.4, 0.5) is 5.69 Å². The molecule has 0 saturated heterocycles. The summed E-state index contributed by atoms with van der Waals surface area (Å²) < 4.78 is 0. The maximum atomic E-state index is 11.5. The topological polar surface area (TPSA) is 88.9 Å². The average molecular weight is 259 g/mol. The second-order valence-electron chi connectivity index (χ2n) is 4.13. The molecule has 1 heterocycles. The van der Waals surface area contributed by atoms with Gasteiger partial charge < -0.3 is 4.98 Å². The summed E-state index contributed by atoms with van der Waals surface area (Å²) in [5.74, 6) is 0.594. The van der Waals surface area contributed by atoms with Crippen LogP contribution in [0.1, 0.15) is 19.2 Å². The van der Waals surface area contributed by atoms with Crippen LogP contribution in [0.5, 0.6) is 0 Å². The van der Waals surface area contributed by atoms with E-state index in [2.05, 4.69) is 9.97 Å². The molecule has 6 nitrogen and oxygen atoms in total. The number of aromatic amines is 1. The molecule has 0 aliphatic heterocycles. The molecule has 0 amide bonds. The van der Waals surface area contributed by atoms with Gasteiger partial charge in [-0.2, -0.15) is 0 Å². The van der Waals surface area contributed by atoms with Crippen molar-refractivity contribution in [3.63, 3.8) is 0 Å². The molecule has 19 heavy (non-hydrogen) atoms. The quantitative estimate of drug-likeness (QED) is 0.673. The number of non-ortho nitro benzene ring substituents is 1. The van der Waals surface area contributed by atoms with Crippen LogP contribution in [0.25, 0.3) is 11.3 Å². The Morgan fingerprint density at radius 1 is 1.37 bits per heavy atom. The summed E-state index contributed by atoms with van der Waals surface area (Å²) in [5.41, 5.74) is 0.755. The zero-order chi connectivity index (χ0) is 13.8. The van der Waals surface area contributed by atoms with Gasteiger partial charge >= 0.3 is 0 Å². The summed E-state index contributed by atoms with van der Waals surface area (Å²) in [6.07, 6.45) is 1.53. The van der Waals surface area contributed by atoms with Gasteiger partial charge in [-0.3, -0.25) is 14.9 Å². The fourth-order valence-electron chi connectivity index (χ4n) is 1.79. The van der Waals surface area contributed by atoms with Crippen molar-refractivity contribution in [1.82, 2.24) is 9.97 Å². The van der Waals surface area contributed by atoms with Gasteiger partial charge in [0.25, 0.3) is 11.2 Å². The van der Waals surface area contributed by atoms with Crippen LogP contribution < -0.4 is 5.56 Å². The van der Waals surface area contributed by atoms with E-state index in [4.69, 9.17) is 0 Å². The highest BCUT2D eigenvalue weighted by Crippen LogP contribution is 2.21. The molecule has 1 aromatic heterocycles. The van der Waals surface area contributed by atoms with Crippen LogP contribution in [-0.4, -0.2) is 14.9 Å². The second-order valence-corrected chi connectivity index (χ2v) is 4.13. The molecule has 2 aromatic rings. The van der Waals surface area contributed by atoms with Crippen LogP contribution in [0.3, 0.4) is 0 Å². The molecule has 0 aliphatic carbocycles. The number of aryl methyl sites for hydroxylation is 1. The largest absolute Gasteiger partial charge is 0.311 e. The van der Waals surface area contributed by atoms with E-state index in [1.54, 1.807) is 12.1 Å². The lowest BCUT2D eigenvalue weighted by Gasteiger charge is -2.03. The van der Waals surface area contributed by atoms with Gasteiger partial charge in [-0.1, -0.05) is 19.1 Å². The van der Waals surface area contributed by atoms with Gasteiger partial charge in [-0.05, 0) is 6.42 Å². The van der Waals surface area contributed by atoms with Crippen LogP contribution in [0.2, 0.25) is 0 Å². The summed E-state index contributed by atoms with van der Waals surface area (Å²) >= 11 is 0. The first-order valence-electron chi connectivity index (χ1n) is 5.95. The molecule has 0 saturated carbocycles. The Kier molecular flexibility index (Phi) is 3.70. The van der Waals surface area contributed by atoms with E-state index < -0.39 is 4.92 Å². The Hall–Kier alpha value is -2.50. The molecule has 98 valence electrons. The lowest BCUT2D eigenvalue weighted by atomic mass is 10.1. The van der Waals surface area contributed by atoms with Crippen molar-refractivity contribution in [3.8, 4) is 11.3 Å². The van der Waals surface area contributed by atoms with Crippen molar-refractivity contribution in [2.24, 2.45) is 0 Å². The third-order valence-corrected chi connectivity index (χ3v) is 2.63. The van der Waals surface area contributed by atoms with Gasteiger partial charge in [0, 0.05) is 30.2 Å². The van der Waals surface area contributed by atoms with Crippen molar-refractivity contribution >= 4 is 5.69 Å². The van der Waals surface area contributed by atoms with Crippen molar-refractivity contribution in [2.45, 2.75) is 19.8 Å². The Morgan fingerprint density at radius 3 is 2.84 bits per heavy atom. The SMILES string of the molecule is CCCc1nc(-c2cccc([N+](=O)[O-])c2)cc(=O)[nH]1. The average Bonchev–Trinajstić information content (AvgIpc) is 2.38. The third-order valence-electron chi connectivity index (χ3n) is 2.63. The minimum Gasteiger partial charge on any atom is -0.311 e. The van der Waals surface area contributed by atoms with E-state index in [9.17, 15) is 14.9 Å². The first kappa shape index (κ1) is 12.9. The lowest BCUT2D eigenvalue weighted by Crippen LogP contribution is -2.11. The Labute approximate surface area is 109 Å². The van der Waals surface area contributed by atoms with E-state index in [0.29, 0.717) is 23.5 Å². The molecule has 2 rings (SSSR count). The summed E-state index contributed by atoms with van der Waals surface area (Å²) in [7, 11) is 0. The molecule has 0 fully saturated rings. The predicted molar refractivity (Wildman–Crippen MR) is 70.9 cm³/mol. The summed E-state index contributed by atoms with van der Waals surface area (Å²) in [6.45, 7) is 1.99. The van der Waals surface area contributed by atoms with E-state index in [0.717, 1.165) is 6.42 Å². The molecule has 0 bridgehead atoms. The molecule has 0 radical (unpaired) electrons. The number of hydrogen-bond acceptors (Lipinski definition) is 4. The zero-order valence-corrected chi connectivity index (χ0v) is 10.4. The van der Waals surface area contributed by atoms with Gasteiger partial charge in [0.05, 0.1) is 10.6 Å². The van der Waals surface area contributed by atoms with Crippen LogP contribution in [-0.2, 0) is 6.42 Å². The van der Waals surface area contributed by atoms with Crippen molar-refractivity contribution in [1.29, 1.82) is 0 Å². The standard InChI is InChI=1S/C13H13N3O3/c1-2-4-12-14-11(8-13(17)15-12)9-5-3-6-10(7-9)16(18)19/h3,5-8H,2,4H2,1H3,(H,14,15,17).